The molecule has 1 aromatic carbocycles. The van der Waals surface area contributed by atoms with E-state index in [1.54, 1.807) is 0 Å². The van der Waals surface area contributed by atoms with Crippen LogP contribution in [0.5, 0.6) is 0 Å². The van der Waals surface area contributed by atoms with E-state index in [0.717, 1.165) is 25.7 Å². The molecule has 1 atom stereocenters. The zero-order valence-electron chi connectivity index (χ0n) is 16.5. The quantitative estimate of drug-likeness (QED) is 0.414. The summed E-state index contributed by atoms with van der Waals surface area (Å²) in [6.07, 6.45) is 0.721. The standard InChI is InChI=1S/C22H29F5O/c1-3-4-15-5-9-17(10-6-15)20(23)21(24)18-11-7-16(8-12-18)13-19(14-28-2)22(25,26)27/h7-8,11-12,15,17,19H,3-6,9-10,13-14H2,1-2H3/b21-20-. The van der Waals surface area contributed by atoms with Crippen LogP contribution in [-0.2, 0) is 11.2 Å². The second-order valence-corrected chi connectivity index (χ2v) is 7.76. The molecule has 1 aliphatic rings. The first-order valence-corrected chi connectivity index (χ1v) is 9.96. The molecule has 28 heavy (non-hydrogen) atoms. The van der Waals surface area contributed by atoms with Crippen LogP contribution in [0, 0.1) is 17.8 Å². The molecule has 0 radical (unpaired) electrons. The van der Waals surface area contributed by atoms with Crippen molar-refractivity contribution in [3.05, 3.63) is 41.2 Å². The summed E-state index contributed by atoms with van der Waals surface area (Å²) in [6.45, 7) is 1.69. The number of alkyl halides is 3. The summed E-state index contributed by atoms with van der Waals surface area (Å²) in [6, 6.07) is 5.56. The highest BCUT2D eigenvalue weighted by Crippen LogP contribution is 2.39. The van der Waals surface area contributed by atoms with Gasteiger partial charge in [-0.25, -0.2) is 8.78 Å². The zero-order chi connectivity index (χ0) is 20.7. The van der Waals surface area contributed by atoms with E-state index in [9.17, 15) is 22.0 Å². The lowest BCUT2D eigenvalue weighted by Crippen LogP contribution is -2.29. The van der Waals surface area contributed by atoms with Crippen LogP contribution < -0.4 is 0 Å². The number of ether oxygens (including phenoxy) is 1. The molecule has 6 heteroatoms. The van der Waals surface area contributed by atoms with Crippen LogP contribution in [0.25, 0.3) is 5.83 Å². The molecule has 1 nitrogen and oxygen atoms in total. The van der Waals surface area contributed by atoms with Gasteiger partial charge in [-0.3, -0.25) is 0 Å². The summed E-state index contributed by atoms with van der Waals surface area (Å²) in [5.74, 6) is -3.04. The average Bonchev–Trinajstić information content (AvgIpc) is 2.67. The minimum absolute atomic E-state index is 0.0761. The van der Waals surface area contributed by atoms with E-state index in [-0.39, 0.29) is 12.0 Å². The number of halogens is 5. The summed E-state index contributed by atoms with van der Waals surface area (Å²) >= 11 is 0. The minimum atomic E-state index is -4.37. The molecule has 158 valence electrons. The molecule has 0 bridgehead atoms. The molecule has 1 unspecified atom stereocenters. The maximum Gasteiger partial charge on any atom is 0.394 e. The fraction of sp³-hybridized carbons (Fsp3) is 0.636. The number of allylic oxidation sites excluding steroid dienone is 1. The lowest BCUT2D eigenvalue weighted by Gasteiger charge is -2.27. The van der Waals surface area contributed by atoms with Crippen LogP contribution >= 0.6 is 0 Å². The number of hydrogen-bond acceptors (Lipinski definition) is 1. The van der Waals surface area contributed by atoms with E-state index in [4.69, 9.17) is 0 Å². The molecule has 0 saturated heterocycles. The first-order chi connectivity index (χ1) is 13.3. The monoisotopic (exact) mass is 404 g/mol. The molecule has 0 N–H and O–H groups in total. The number of methoxy groups -OCH3 is 1. The van der Waals surface area contributed by atoms with Crippen molar-refractivity contribution in [1.29, 1.82) is 0 Å². The fourth-order valence-corrected chi connectivity index (χ4v) is 3.97. The third-order valence-electron chi connectivity index (χ3n) is 5.63. The predicted octanol–water partition coefficient (Wildman–Crippen LogP) is 7.27. The van der Waals surface area contributed by atoms with E-state index in [1.807, 2.05) is 0 Å². The molecule has 0 spiro atoms. The van der Waals surface area contributed by atoms with Crippen molar-refractivity contribution in [2.75, 3.05) is 13.7 Å². The Morgan fingerprint density at radius 3 is 2.18 bits per heavy atom. The molecular weight excluding hydrogens is 375 g/mol. The zero-order valence-corrected chi connectivity index (χ0v) is 16.5. The highest BCUT2D eigenvalue weighted by molar-refractivity contribution is 5.61. The number of rotatable bonds is 8. The van der Waals surface area contributed by atoms with Crippen LogP contribution in [-0.4, -0.2) is 19.9 Å². The van der Waals surface area contributed by atoms with Gasteiger partial charge in [-0.2, -0.15) is 13.2 Å². The van der Waals surface area contributed by atoms with Gasteiger partial charge in [0.2, 0.25) is 0 Å². The molecular formula is C22H29F5O. The van der Waals surface area contributed by atoms with Crippen molar-refractivity contribution in [2.45, 2.75) is 58.0 Å². The van der Waals surface area contributed by atoms with Crippen LogP contribution in [0.4, 0.5) is 22.0 Å². The molecule has 0 aromatic heterocycles. The van der Waals surface area contributed by atoms with Gasteiger partial charge in [0, 0.05) is 18.6 Å². The Balaban J connectivity index is 2.04. The Hall–Kier alpha value is -1.43. The second kappa shape index (κ2) is 10.4. The maximum absolute atomic E-state index is 14.6. The second-order valence-electron chi connectivity index (χ2n) is 7.76. The van der Waals surface area contributed by atoms with Crippen molar-refractivity contribution >= 4 is 5.83 Å². The molecule has 0 aliphatic heterocycles. The number of hydrogen-bond donors (Lipinski definition) is 0. The van der Waals surface area contributed by atoms with Gasteiger partial charge in [0.1, 0.15) is 5.83 Å². The van der Waals surface area contributed by atoms with Gasteiger partial charge in [0.05, 0.1) is 12.5 Å². The van der Waals surface area contributed by atoms with Crippen LogP contribution in [0.3, 0.4) is 0 Å². The van der Waals surface area contributed by atoms with E-state index < -0.39 is 36.3 Å². The van der Waals surface area contributed by atoms with Gasteiger partial charge in [-0.05, 0) is 43.6 Å². The lowest BCUT2D eigenvalue weighted by atomic mass is 9.79. The minimum Gasteiger partial charge on any atom is -0.384 e. The number of benzene rings is 1. The first-order valence-electron chi connectivity index (χ1n) is 9.96. The van der Waals surface area contributed by atoms with Crippen molar-refractivity contribution < 1.29 is 26.7 Å². The smallest absolute Gasteiger partial charge is 0.384 e. The molecule has 1 saturated carbocycles. The summed E-state index contributed by atoms with van der Waals surface area (Å²) in [5.41, 5.74) is 0.489. The highest BCUT2D eigenvalue weighted by Gasteiger charge is 2.39. The fourth-order valence-electron chi connectivity index (χ4n) is 3.97. The summed E-state index contributed by atoms with van der Waals surface area (Å²) in [5, 5.41) is 0. The Labute approximate surface area is 164 Å². The van der Waals surface area contributed by atoms with Gasteiger partial charge in [0.25, 0.3) is 0 Å². The van der Waals surface area contributed by atoms with Crippen molar-refractivity contribution in [3.63, 3.8) is 0 Å². The van der Waals surface area contributed by atoms with E-state index in [0.29, 0.717) is 24.3 Å². The Morgan fingerprint density at radius 1 is 1.07 bits per heavy atom. The van der Waals surface area contributed by atoms with Crippen LogP contribution in [0.15, 0.2) is 30.1 Å². The Bertz CT molecular complexity index is 627. The molecule has 1 aliphatic carbocycles. The molecule has 2 rings (SSSR count). The van der Waals surface area contributed by atoms with Gasteiger partial charge < -0.3 is 4.74 Å². The highest BCUT2D eigenvalue weighted by atomic mass is 19.4. The van der Waals surface area contributed by atoms with E-state index in [2.05, 4.69) is 11.7 Å². The Kier molecular flexibility index (Phi) is 8.47. The van der Waals surface area contributed by atoms with Gasteiger partial charge in [-0.15, -0.1) is 0 Å². The van der Waals surface area contributed by atoms with Gasteiger partial charge in [-0.1, -0.05) is 44.0 Å². The molecule has 0 amide bonds. The van der Waals surface area contributed by atoms with Crippen LogP contribution in [0.1, 0.15) is 56.6 Å². The van der Waals surface area contributed by atoms with Crippen LogP contribution in [0.2, 0.25) is 0 Å². The first kappa shape index (κ1) is 22.9. The molecule has 1 aromatic rings. The van der Waals surface area contributed by atoms with Gasteiger partial charge >= 0.3 is 6.18 Å². The van der Waals surface area contributed by atoms with Crippen molar-refractivity contribution in [3.8, 4) is 0 Å². The Morgan fingerprint density at radius 2 is 1.68 bits per heavy atom. The van der Waals surface area contributed by atoms with Crippen molar-refractivity contribution in [2.24, 2.45) is 17.8 Å². The predicted molar refractivity (Wildman–Crippen MR) is 101 cm³/mol. The van der Waals surface area contributed by atoms with Gasteiger partial charge in [0.15, 0.2) is 5.83 Å². The topological polar surface area (TPSA) is 9.23 Å². The molecule has 0 heterocycles. The summed E-state index contributed by atoms with van der Waals surface area (Å²) in [4.78, 5) is 0. The molecule has 1 fully saturated rings. The third kappa shape index (κ3) is 6.29. The van der Waals surface area contributed by atoms with E-state index >= 15 is 0 Å². The third-order valence-corrected chi connectivity index (χ3v) is 5.63. The van der Waals surface area contributed by atoms with Crippen molar-refractivity contribution in [1.82, 2.24) is 0 Å². The van der Waals surface area contributed by atoms with E-state index in [1.165, 1.54) is 31.4 Å². The lowest BCUT2D eigenvalue weighted by molar-refractivity contribution is -0.185. The summed E-state index contributed by atoms with van der Waals surface area (Å²) < 4.78 is 72.8. The largest absolute Gasteiger partial charge is 0.394 e. The summed E-state index contributed by atoms with van der Waals surface area (Å²) in [7, 11) is 1.22. The normalized spacial score (nSPS) is 22.7. The SMILES string of the molecule is CCCC1CCC(/C(F)=C(/F)c2ccc(CC(COC)C(F)(F)F)cc2)CC1. The maximum atomic E-state index is 14.6. The average molecular weight is 404 g/mol.